The van der Waals surface area contributed by atoms with Crippen molar-refractivity contribution >= 4 is 0 Å². The Bertz CT molecular complexity index is 488. The number of aliphatic hydroxyl groups excluding tert-OH is 1. The van der Waals surface area contributed by atoms with E-state index >= 15 is 0 Å². The van der Waals surface area contributed by atoms with Crippen LogP contribution in [0.3, 0.4) is 0 Å². The summed E-state index contributed by atoms with van der Waals surface area (Å²) in [7, 11) is 1.90. The Morgan fingerprint density at radius 1 is 1.35 bits per heavy atom. The molecule has 1 N–H and O–H groups in total. The summed E-state index contributed by atoms with van der Waals surface area (Å²) in [4.78, 5) is 0. The van der Waals surface area contributed by atoms with Gasteiger partial charge in [0.15, 0.2) is 0 Å². The van der Waals surface area contributed by atoms with E-state index < -0.39 is 0 Å². The first-order chi connectivity index (χ1) is 8.24. The Morgan fingerprint density at radius 3 is 2.88 bits per heavy atom. The molecular formula is C11H17N5O. The first-order valence-corrected chi connectivity index (χ1v) is 5.79. The van der Waals surface area contributed by atoms with Crippen LogP contribution in [0.4, 0.5) is 0 Å². The Kier molecular flexibility index (Phi) is 3.53. The lowest BCUT2D eigenvalue weighted by atomic mass is 10.2. The number of nitrogens with zero attached hydrogens (tertiary/aromatic N) is 5. The molecule has 0 fully saturated rings. The molecule has 0 aliphatic heterocycles. The van der Waals surface area contributed by atoms with Crippen LogP contribution < -0.4 is 0 Å². The second-order valence-corrected chi connectivity index (χ2v) is 3.97. The predicted octanol–water partition coefficient (Wildman–Crippen LogP) is 0.488. The molecule has 0 unspecified atom stereocenters. The summed E-state index contributed by atoms with van der Waals surface area (Å²) >= 11 is 0. The second kappa shape index (κ2) is 5.09. The number of aryl methyl sites for hydroxylation is 3. The van der Waals surface area contributed by atoms with Gasteiger partial charge in [-0.2, -0.15) is 5.10 Å². The smallest absolute Gasteiger partial charge is 0.107 e. The maximum absolute atomic E-state index is 8.77. The van der Waals surface area contributed by atoms with E-state index in [9.17, 15) is 0 Å². The molecule has 2 rings (SSSR count). The molecule has 0 saturated carbocycles. The van der Waals surface area contributed by atoms with Gasteiger partial charge in [0.2, 0.25) is 0 Å². The standard InChI is InChI=1S/C11H17N5O/c1-3-10-11(8-15(2)13-10)16-7-9(12-14-16)5-4-6-17/h7-8,17H,3-6H2,1-2H3. The maximum atomic E-state index is 8.77. The van der Waals surface area contributed by atoms with Gasteiger partial charge in [-0.25, -0.2) is 4.68 Å². The SMILES string of the molecule is CCc1nn(C)cc1-n1cc(CCCO)nn1. The molecule has 0 aromatic carbocycles. The van der Waals surface area contributed by atoms with Gasteiger partial charge in [-0.05, 0) is 19.3 Å². The van der Waals surface area contributed by atoms with Crippen molar-refractivity contribution in [3.63, 3.8) is 0 Å². The van der Waals surface area contributed by atoms with Crippen molar-refractivity contribution in [2.45, 2.75) is 26.2 Å². The highest BCUT2D eigenvalue weighted by molar-refractivity contribution is 5.33. The monoisotopic (exact) mass is 235 g/mol. The number of aromatic nitrogens is 5. The van der Waals surface area contributed by atoms with Gasteiger partial charge < -0.3 is 5.11 Å². The van der Waals surface area contributed by atoms with Crippen LogP contribution in [0.1, 0.15) is 24.7 Å². The first kappa shape index (κ1) is 11.8. The van der Waals surface area contributed by atoms with Crippen molar-refractivity contribution in [1.29, 1.82) is 0 Å². The lowest BCUT2D eigenvalue weighted by molar-refractivity contribution is 0.288. The van der Waals surface area contributed by atoms with Gasteiger partial charge in [0.05, 0.1) is 23.8 Å². The van der Waals surface area contributed by atoms with E-state index in [0.29, 0.717) is 6.42 Å². The van der Waals surface area contributed by atoms with E-state index in [1.54, 1.807) is 9.36 Å². The van der Waals surface area contributed by atoms with Gasteiger partial charge in [-0.15, -0.1) is 5.10 Å². The van der Waals surface area contributed by atoms with Gasteiger partial charge in [-0.3, -0.25) is 4.68 Å². The van der Waals surface area contributed by atoms with E-state index in [2.05, 4.69) is 22.3 Å². The van der Waals surface area contributed by atoms with Crippen molar-refractivity contribution in [2.24, 2.45) is 7.05 Å². The van der Waals surface area contributed by atoms with Crippen LogP contribution in [0.25, 0.3) is 5.69 Å². The summed E-state index contributed by atoms with van der Waals surface area (Å²) < 4.78 is 3.53. The average molecular weight is 235 g/mol. The molecule has 0 bridgehead atoms. The fourth-order valence-electron chi connectivity index (χ4n) is 1.76. The molecule has 2 heterocycles. The van der Waals surface area contributed by atoms with E-state index in [1.807, 2.05) is 19.4 Å². The van der Waals surface area contributed by atoms with Crippen molar-refractivity contribution in [2.75, 3.05) is 6.61 Å². The van der Waals surface area contributed by atoms with Crippen LogP contribution in [0.15, 0.2) is 12.4 Å². The van der Waals surface area contributed by atoms with Gasteiger partial charge in [0, 0.05) is 13.7 Å². The maximum Gasteiger partial charge on any atom is 0.107 e. The van der Waals surface area contributed by atoms with E-state index in [-0.39, 0.29) is 6.61 Å². The van der Waals surface area contributed by atoms with Crippen molar-refractivity contribution < 1.29 is 5.11 Å². The van der Waals surface area contributed by atoms with Crippen LogP contribution >= 0.6 is 0 Å². The van der Waals surface area contributed by atoms with Gasteiger partial charge in [-0.1, -0.05) is 12.1 Å². The normalized spacial score (nSPS) is 11.0. The molecular weight excluding hydrogens is 218 g/mol. The number of rotatable bonds is 5. The van der Waals surface area contributed by atoms with Gasteiger partial charge in [0.1, 0.15) is 5.69 Å². The molecule has 6 heteroatoms. The van der Waals surface area contributed by atoms with E-state index in [4.69, 9.17) is 5.11 Å². The third-order valence-corrected chi connectivity index (χ3v) is 2.60. The van der Waals surface area contributed by atoms with Crippen LogP contribution in [-0.2, 0) is 19.9 Å². The fraction of sp³-hybridized carbons (Fsp3) is 0.545. The number of hydrogen-bond donors (Lipinski definition) is 1. The molecule has 0 saturated heterocycles. The van der Waals surface area contributed by atoms with Crippen LogP contribution in [0.2, 0.25) is 0 Å². The lowest BCUT2D eigenvalue weighted by Crippen LogP contribution is -1.97. The summed E-state index contributed by atoms with van der Waals surface area (Å²) in [6.45, 7) is 2.25. The predicted molar refractivity (Wildman–Crippen MR) is 62.9 cm³/mol. The summed E-state index contributed by atoms with van der Waals surface area (Å²) in [5.74, 6) is 0. The highest BCUT2D eigenvalue weighted by Gasteiger charge is 2.10. The Labute approximate surface area is 99.9 Å². The van der Waals surface area contributed by atoms with Crippen LogP contribution in [-0.4, -0.2) is 36.5 Å². The Hall–Kier alpha value is -1.69. The summed E-state index contributed by atoms with van der Waals surface area (Å²) in [6.07, 6.45) is 6.15. The Balaban J connectivity index is 2.23. The zero-order chi connectivity index (χ0) is 12.3. The molecule has 0 aliphatic carbocycles. The molecule has 2 aromatic rings. The third-order valence-electron chi connectivity index (χ3n) is 2.60. The number of aliphatic hydroxyl groups is 1. The first-order valence-electron chi connectivity index (χ1n) is 5.79. The molecule has 92 valence electrons. The molecule has 6 nitrogen and oxygen atoms in total. The van der Waals surface area contributed by atoms with Crippen molar-refractivity contribution in [1.82, 2.24) is 24.8 Å². The highest BCUT2D eigenvalue weighted by atomic mass is 16.2. The minimum Gasteiger partial charge on any atom is -0.396 e. The topological polar surface area (TPSA) is 68.8 Å². The lowest BCUT2D eigenvalue weighted by Gasteiger charge is -1.97. The quantitative estimate of drug-likeness (QED) is 0.818. The zero-order valence-corrected chi connectivity index (χ0v) is 10.2. The molecule has 0 radical (unpaired) electrons. The van der Waals surface area contributed by atoms with Crippen LogP contribution in [0.5, 0.6) is 0 Å². The zero-order valence-electron chi connectivity index (χ0n) is 10.2. The third kappa shape index (κ3) is 2.52. The molecule has 0 spiro atoms. The van der Waals surface area contributed by atoms with Crippen LogP contribution in [0, 0.1) is 0 Å². The summed E-state index contributed by atoms with van der Waals surface area (Å²) in [5, 5.41) is 21.3. The Morgan fingerprint density at radius 2 is 2.18 bits per heavy atom. The molecule has 0 amide bonds. The average Bonchev–Trinajstić information content (AvgIpc) is 2.92. The van der Waals surface area contributed by atoms with Crippen molar-refractivity contribution in [3.8, 4) is 5.69 Å². The molecule has 2 aromatic heterocycles. The summed E-state index contributed by atoms with van der Waals surface area (Å²) in [6, 6.07) is 0. The minimum atomic E-state index is 0.181. The van der Waals surface area contributed by atoms with E-state index in [1.165, 1.54) is 0 Å². The fourth-order valence-corrected chi connectivity index (χ4v) is 1.76. The second-order valence-electron chi connectivity index (χ2n) is 3.97. The molecule has 17 heavy (non-hydrogen) atoms. The molecule has 0 atom stereocenters. The van der Waals surface area contributed by atoms with E-state index in [0.717, 1.165) is 29.9 Å². The highest BCUT2D eigenvalue weighted by Crippen LogP contribution is 2.12. The number of hydrogen-bond acceptors (Lipinski definition) is 4. The van der Waals surface area contributed by atoms with Gasteiger partial charge >= 0.3 is 0 Å². The molecule has 0 aliphatic rings. The largest absolute Gasteiger partial charge is 0.396 e. The van der Waals surface area contributed by atoms with Gasteiger partial charge in [0.25, 0.3) is 0 Å². The van der Waals surface area contributed by atoms with Crippen molar-refractivity contribution in [3.05, 3.63) is 23.8 Å². The minimum absolute atomic E-state index is 0.181. The summed E-state index contributed by atoms with van der Waals surface area (Å²) in [5.41, 5.74) is 2.87.